The van der Waals surface area contributed by atoms with Gasteiger partial charge in [-0.3, -0.25) is 0 Å². The van der Waals surface area contributed by atoms with E-state index >= 15 is 0 Å². The van der Waals surface area contributed by atoms with Crippen LogP contribution in [0.2, 0.25) is 0 Å². The summed E-state index contributed by atoms with van der Waals surface area (Å²) in [7, 11) is 2.17. The van der Waals surface area contributed by atoms with E-state index in [4.69, 9.17) is 5.26 Å². The van der Waals surface area contributed by atoms with Crippen LogP contribution in [0.5, 0.6) is 0 Å². The SMILES string of the molecule is CN1CC2CCC(C1)C2C#N. The third-order valence-corrected chi connectivity index (χ3v) is 3.17. The molecule has 0 amide bonds. The van der Waals surface area contributed by atoms with Gasteiger partial charge in [-0.15, -0.1) is 0 Å². The molecule has 2 fully saturated rings. The standard InChI is InChI=1S/C9H14N2/c1-11-5-7-2-3-8(6-11)9(7)4-10/h7-9H,2-3,5-6H2,1H3. The molecular weight excluding hydrogens is 136 g/mol. The van der Waals surface area contributed by atoms with E-state index in [1.165, 1.54) is 12.8 Å². The Hall–Kier alpha value is -0.550. The molecule has 2 rings (SSSR count). The monoisotopic (exact) mass is 150 g/mol. The Balaban J connectivity index is 2.14. The van der Waals surface area contributed by atoms with E-state index in [0.29, 0.717) is 17.8 Å². The first-order valence-electron chi connectivity index (χ1n) is 4.39. The number of hydrogen-bond acceptors (Lipinski definition) is 2. The quantitative estimate of drug-likeness (QED) is 0.517. The van der Waals surface area contributed by atoms with Crippen LogP contribution in [0, 0.1) is 29.1 Å². The van der Waals surface area contributed by atoms with E-state index in [1.54, 1.807) is 0 Å². The molecule has 60 valence electrons. The van der Waals surface area contributed by atoms with Crippen molar-refractivity contribution < 1.29 is 0 Å². The summed E-state index contributed by atoms with van der Waals surface area (Å²) in [6.45, 7) is 2.30. The molecule has 2 atom stereocenters. The van der Waals surface area contributed by atoms with Gasteiger partial charge in [-0.05, 0) is 31.7 Å². The first-order chi connectivity index (χ1) is 5.31. The minimum Gasteiger partial charge on any atom is -0.306 e. The molecule has 0 spiro atoms. The van der Waals surface area contributed by atoms with E-state index in [-0.39, 0.29) is 0 Å². The second-order valence-electron chi connectivity index (χ2n) is 3.97. The number of likely N-dealkylation sites (tertiary alicyclic amines) is 1. The van der Waals surface area contributed by atoms with Gasteiger partial charge >= 0.3 is 0 Å². The van der Waals surface area contributed by atoms with Crippen LogP contribution in [-0.2, 0) is 0 Å². The fourth-order valence-electron chi connectivity index (χ4n) is 2.67. The normalized spacial score (nSPS) is 43.8. The summed E-state index contributed by atoms with van der Waals surface area (Å²) in [5.41, 5.74) is 0. The number of fused-ring (bicyclic) bond motifs is 2. The molecule has 0 aromatic rings. The first-order valence-corrected chi connectivity index (χ1v) is 4.39. The number of piperidine rings is 1. The van der Waals surface area contributed by atoms with Crippen LogP contribution in [0.4, 0.5) is 0 Å². The summed E-state index contributed by atoms with van der Waals surface area (Å²) in [6, 6.07) is 2.46. The third-order valence-electron chi connectivity index (χ3n) is 3.17. The zero-order valence-corrected chi connectivity index (χ0v) is 6.95. The van der Waals surface area contributed by atoms with E-state index in [2.05, 4.69) is 18.0 Å². The average molecular weight is 150 g/mol. The van der Waals surface area contributed by atoms with E-state index in [1.807, 2.05) is 0 Å². The van der Waals surface area contributed by atoms with Gasteiger partial charge < -0.3 is 4.90 Å². The summed E-state index contributed by atoms with van der Waals surface area (Å²) in [5.74, 6) is 1.75. The summed E-state index contributed by atoms with van der Waals surface area (Å²) >= 11 is 0. The Bertz CT molecular complexity index is 180. The third kappa shape index (κ3) is 1.04. The van der Waals surface area contributed by atoms with Crippen molar-refractivity contribution in [2.75, 3.05) is 20.1 Å². The maximum atomic E-state index is 8.89. The summed E-state index contributed by atoms with van der Waals surface area (Å²) < 4.78 is 0. The van der Waals surface area contributed by atoms with Crippen LogP contribution in [0.1, 0.15) is 12.8 Å². The van der Waals surface area contributed by atoms with Gasteiger partial charge in [-0.25, -0.2) is 0 Å². The van der Waals surface area contributed by atoms with E-state index in [0.717, 1.165) is 13.1 Å². The van der Waals surface area contributed by atoms with Gasteiger partial charge in [0.25, 0.3) is 0 Å². The Morgan fingerprint density at radius 1 is 1.27 bits per heavy atom. The highest BCUT2D eigenvalue weighted by Crippen LogP contribution is 2.40. The van der Waals surface area contributed by atoms with Gasteiger partial charge in [-0.2, -0.15) is 5.26 Å². The second-order valence-corrected chi connectivity index (χ2v) is 3.97. The molecule has 2 nitrogen and oxygen atoms in total. The van der Waals surface area contributed by atoms with Crippen molar-refractivity contribution in [3.05, 3.63) is 0 Å². The van der Waals surface area contributed by atoms with Gasteiger partial charge in [0.05, 0.1) is 12.0 Å². The fraction of sp³-hybridized carbons (Fsp3) is 0.889. The zero-order valence-electron chi connectivity index (χ0n) is 6.95. The number of nitrogens with zero attached hydrogens (tertiary/aromatic N) is 2. The zero-order chi connectivity index (χ0) is 7.84. The van der Waals surface area contributed by atoms with E-state index in [9.17, 15) is 0 Å². The average Bonchev–Trinajstić information content (AvgIpc) is 2.23. The molecule has 2 unspecified atom stereocenters. The Kier molecular flexibility index (Phi) is 1.61. The molecule has 2 heteroatoms. The number of hydrogen-bond donors (Lipinski definition) is 0. The van der Waals surface area contributed by atoms with Crippen LogP contribution in [0.3, 0.4) is 0 Å². The molecule has 11 heavy (non-hydrogen) atoms. The smallest absolute Gasteiger partial charge is 0.0662 e. The molecule has 1 heterocycles. The molecule has 1 aliphatic heterocycles. The first kappa shape index (κ1) is 7.12. The predicted molar refractivity (Wildman–Crippen MR) is 42.8 cm³/mol. The van der Waals surface area contributed by atoms with Crippen molar-refractivity contribution in [3.8, 4) is 6.07 Å². The van der Waals surface area contributed by atoms with Gasteiger partial charge in [-0.1, -0.05) is 0 Å². The lowest BCUT2D eigenvalue weighted by Crippen LogP contribution is -2.38. The van der Waals surface area contributed by atoms with Gasteiger partial charge in [0, 0.05) is 13.1 Å². The van der Waals surface area contributed by atoms with Crippen LogP contribution < -0.4 is 0 Å². The van der Waals surface area contributed by atoms with Crippen LogP contribution in [0.15, 0.2) is 0 Å². The molecule has 2 bridgehead atoms. The molecule has 1 aliphatic carbocycles. The summed E-state index contributed by atoms with van der Waals surface area (Å²) in [6.07, 6.45) is 2.57. The second kappa shape index (κ2) is 2.49. The largest absolute Gasteiger partial charge is 0.306 e. The summed E-state index contributed by atoms with van der Waals surface area (Å²) in [4.78, 5) is 2.37. The molecule has 2 aliphatic rings. The highest BCUT2D eigenvalue weighted by Gasteiger charge is 2.40. The van der Waals surface area contributed by atoms with Crippen molar-refractivity contribution in [2.24, 2.45) is 17.8 Å². The molecule has 0 radical (unpaired) electrons. The summed E-state index contributed by atoms with van der Waals surface area (Å²) in [5, 5.41) is 8.89. The lowest BCUT2D eigenvalue weighted by molar-refractivity contribution is 0.165. The maximum Gasteiger partial charge on any atom is 0.0662 e. The molecule has 0 aromatic carbocycles. The van der Waals surface area contributed by atoms with Gasteiger partial charge in [0.1, 0.15) is 0 Å². The van der Waals surface area contributed by atoms with Crippen LogP contribution in [0.25, 0.3) is 0 Å². The molecule has 0 aromatic heterocycles. The maximum absolute atomic E-state index is 8.89. The van der Waals surface area contributed by atoms with Crippen molar-refractivity contribution in [2.45, 2.75) is 12.8 Å². The highest BCUT2D eigenvalue weighted by molar-refractivity contribution is 5.01. The minimum absolute atomic E-state index is 0.381. The van der Waals surface area contributed by atoms with Crippen LogP contribution >= 0.6 is 0 Å². The van der Waals surface area contributed by atoms with Gasteiger partial charge in [0.2, 0.25) is 0 Å². The Labute approximate surface area is 67.8 Å². The molecule has 0 N–H and O–H groups in total. The van der Waals surface area contributed by atoms with Crippen molar-refractivity contribution >= 4 is 0 Å². The lowest BCUT2D eigenvalue weighted by atomic mass is 9.87. The minimum atomic E-state index is 0.381. The molecule has 1 saturated heterocycles. The Morgan fingerprint density at radius 2 is 1.82 bits per heavy atom. The van der Waals surface area contributed by atoms with Crippen molar-refractivity contribution in [3.63, 3.8) is 0 Å². The molecular formula is C9H14N2. The fourth-order valence-corrected chi connectivity index (χ4v) is 2.67. The van der Waals surface area contributed by atoms with Gasteiger partial charge in [0.15, 0.2) is 0 Å². The van der Waals surface area contributed by atoms with Crippen molar-refractivity contribution in [1.82, 2.24) is 4.90 Å². The molecule has 1 saturated carbocycles. The highest BCUT2D eigenvalue weighted by atomic mass is 15.1. The lowest BCUT2D eigenvalue weighted by Gasteiger charge is -2.31. The number of rotatable bonds is 0. The number of nitriles is 1. The van der Waals surface area contributed by atoms with Crippen LogP contribution in [-0.4, -0.2) is 25.0 Å². The Morgan fingerprint density at radius 3 is 2.27 bits per heavy atom. The predicted octanol–water partition coefficient (Wildman–Crippen LogP) is 1.10. The van der Waals surface area contributed by atoms with E-state index < -0.39 is 0 Å². The van der Waals surface area contributed by atoms with Crippen molar-refractivity contribution in [1.29, 1.82) is 5.26 Å². The topological polar surface area (TPSA) is 27.0 Å².